The molecule has 1 aliphatic rings. The number of thiazole rings is 1. The van der Waals surface area contributed by atoms with E-state index in [0.717, 1.165) is 51.5 Å². The number of aryl methyl sites for hydroxylation is 1. The number of rotatable bonds is 5. The van der Waals surface area contributed by atoms with Crippen LogP contribution in [0.15, 0.2) is 48.8 Å². The Bertz CT molecular complexity index is 1240. The molecule has 0 aliphatic heterocycles. The molecule has 5 rings (SSSR count). The molecule has 2 aromatic heterocycles. The Morgan fingerprint density at radius 3 is 2.87 bits per heavy atom. The molecule has 158 valence electrons. The molecule has 2 unspecified atom stereocenters. The van der Waals surface area contributed by atoms with E-state index in [2.05, 4.69) is 15.5 Å². The van der Waals surface area contributed by atoms with Crippen molar-refractivity contribution in [3.63, 3.8) is 0 Å². The molecule has 1 aliphatic carbocycles. The van der Waals surface area contributed by atoms with Crippen molar-refractivity contribution in [3.8, 4) is 5.69 Å². The van der Waals surface area contributed by atoms with E-state index < -0.39 is 0 Å². The Kier molecular flexibility index (Phi) is 5.46. The molecule has 1 N–H and O–H groups in total. The maximum absolute atomic E-state index is 13.2. The zero-order chi connectivity index (χ0) is 21.4. The van der Waals surface area contributed by atoms with Gasteiger partial charge in [-0.2, -0.15) is 15.0 Å². The average Bonchev–Trinajstić information content (AvgIpc) is 3.49. The van der Waals surface area contributed by atoms with Crippen molar-refractivity contribution in [1.29, 1.82) is 0 Å². The van der Waals surface area contributed by atoms with Gasteiger partial charge in [0.1, 0.15) is 0 Å². The van der Waals surface area contributed by atoms with Crippen LogP contribution in [0.1, 0.15) is 40.2 Å². The van der Waals surface area contributed by atoms with Crippen molar-refractivity contribution >= 4 is 39.1 Å². The summed E-state index contributed by atoms with van der Waals surface area (Å²) >= 11 is 7.81. The number of halogens is 1. The first kappa shape index (κ1) is 20.2. The Morgan fingerprint density at radius 1 is 1.19 bits per heavy atom. The highest BCUT2D eigenvalue weighted by molar-refractivity contribution is 7.18. The van der Waals surface area contributed by atoms with Crippen LogP contribution in [-0.4, -0.2) is 31.9 Å². The van der Waals surface area contributed by atoms with E-state index in [4.69, 9.17) is 16.6 Å². The van der Waals surface area contributed by atoms with E-state index in [0.29, 0.717) is 17.2 Å². The van der Waals surface area contributed by atoms with Gasteiger partial charge in [0.2, 0.25) is 0 Å². The third-order valence-corrected chi connectivity index (χ3v) is 7.11. The number of hydrogen-bond acceptors (Lipinski definition) is 5. The van der Waals surface area contributed by atoms with Crippen LogP contribution in [0.4, 0.5) is 0 Å². The van der Waals surface area contributed by atoms with Gasteiger partial charge in [0.05, 0.1) is 38.9 Å². The highest BCUT2D eigenvalue weighted by Gasteiger charge is 2.30. The summed E-state index contributed by atoms with van der Waals surface area (Å²) in [6.07, 6.45) is 7.26. The number of benzene rings is 2. The summed E-state index contributed by atoms with van der Waals surface area (Å²) in [6, 6.07) is 11.7. The number of hydrogen-bond donors (Lipinski definition) is 1. The quantitative estimate of drug-likeness (QED) is 0.464. The Morgan fingerprint density at radius 2 is 2.03 bits per heavy atom. The van der Waals surface area contributed by atoms with Crippen molar-refractivity contribution in [3.05, 3.63) is 69.9 Å². The zero-order valence-electron chi connectivity index (χ0n) is 17.1. The summed E-state index contributed by atoms with van der Waals surface area (Å²) in [5.74, 6) is 0.292. The molecule has 2 heterocycles. The van der Waals surface area contributed by atoms with Crippen LogP contribution < -0.4 is 5.32 Å². The van der Waals surface area contributed by atoms with Crippen LogP contribution in [-0.2, 0) is 6.42 Å². The number of carbonyl (C=O) groups excluding carboxylic acids is 1. The largest absolute Gasteiger partial charge is 0.349 e. The SMILES string of the molecule is Cc1ccc(-n2nccn2)c(C(=O)NC2CCCC2Cc2nc3ccc(Cl)cc3s2)c1. The minimum Gasteiger partial charge on any atom is -0.349 e. The molecule has 6 nitrogen and oxygen atoms in total. The summed E-state index contributed by atoms with van der Waals surface area (Å²) in [6.45, 7) is 1.98. The van der Waals surface area contributed by atoms with Crippen molar-refractivity contribution in [2.45, 2.75) is 38.6 Å². The number of aromatic nitrogens is 4. The highest BCUT2D eigenvalue weighted by Crippen LogP contribution is 2.33. The smallest absolute Gasteiger partial charge is 0.253 e. The molecular formula is C23H22ClN5OS. The number of nitrogens with one attached hydrogen (secondary N) is 1. The van der Waals surface area contributed by atoms with Gasteiger partial charge in [-0.15, -0.1) is 11.3 Å². The molecule has 1 amide bonds. The van der Waals surface area contributed by atoms with Crippen LogP contribution in [0, 0.1) is 12.8 Å². The first-order valence-electron chi connectivity index (χ1n) is 10.4. The van der Waals surface area contributed by atoms with Gasteiger partial charge in [-0.05, 0) is 56.0 Å². The molecule has 4 aromatic rings. The molecule has 0 radical (unpaired) electrons. The molecule has 0 saturated heterocycles. The average molecular weight is 452 g/mol. The van der Waals surface area contributed by atoms with E-state index >= 15 is 0 Å². The third kappa shape index (κ3) is 4.20. The van der Waals surface area contributed by atoms with E-state index in [1.54, 1.807) is 23.7 Å². The minimum absolute atomic E-state index is 0.0796. The summed E-state index contributed by atoms with van der Waals surface area (Å²) in [5, 5.41) is 13.5. The lowest BCUT2D eigenvalue weighted by molar-refractivity contribution is 0.0927. The van der Waals surface area contributed by atoms with E-state index in [-0.39, 0.29) is 11.9 Å². The van der Waals surface area contributed by atoms with Gasteiger partial charge in [-0.1, -0.05) is 29.7 Å². The first-order chi connectivity index (χ1) is 15.1. The standard InChI is InChI=1S/C23H22ClN5OS/c1-14-5-8-20(29-25-9-10-26-29)17(11-14)23(30)28-18-4-2-3-15(18)12-22-27-19-7-6-16(24)13-21(19)31-22/h5-11,13,15,18H,2-4,12H2,1H3,(H,28,30). The topological polar surface area (TPSA) is 72.7 Å². The van der Waals surface area contributed by atoms with Crippen molar-refractivity contribution in [2.75, 3.05) is 0 Å². The predicted molar refractivity (Wildman–Crippen MR) is 123 cm³/mol. The Balaban J connectivity index is 1.34. The molecular weight excluding hydrogens is 430 g/mol. The first-order valence-corrected chi connectivity index (χ1v) is 11.6. The van der Waals surface area contributed by atoms with Gasteiger partial charge in [0.25, 0.3) is 5.91 Å². The van der Waals surface area contributed by atoms with Gasteiger partial charge >= 0.3 is 0 Å². The number of amides is 1. The molecule has 0 spiro atoms. The molecule has 1 fully saturated rings. The fraction of sp³-hybridized carbons (Fsp3) is 0.304. The zero-order valence-corrected chi connectivity index (χ0v) is 18.7. The van der Waals surface area contributed by atoms with Crippen LogP contribution in [0.25, 0.3) is 15.9 Å². The Labute approximate surface area is 189 Å². The van der Waals surface area contributed by atoms with E-state index in [1.807, 2.05) is 43.3 Å². The van der Waals surface area contributed by atoms with Gasteiger partial charge in [-0.3, -0.25) is 4.79 Å². The van der Waals surface area contributed by atoms with Crippen molar-refractivity contribution in [1.82, 2.24) is 25.3 Å². The van der Waals surface area contributed by atoms with Crippen LogP contribution >= 0.6 is 22.9 Å². The highest BCUT2D eigenvalue weighted by atomic mass is 35.5. The second kappa shape index (κ2) is 8.40. The van der Waals surface area contributed by atoms with Crippen LogP contribution in [0.5, 0.6) is 0 Å². The summed E-state index contributed by atoms with van der Waals surface area (Å²) < 4.78 is 1.11. The van der Waals surface area contributed by atoms with E-state index in [9.17, 15) is 4.79 Å². The monoisotopic (exact) mass is 451 g/mol. The summed E-state index contributed by atoms with van der Waals surface area (Å²) in [7, 11) is 0. The van der Waals surface area contributed by atoms with E-state index in [1.165, 1.54) is 4.80 Å². The van der Waals surface area contributed by atoms with Crippen molar-refractivity contribution in [2.24, 2.45) is 5.92 Å². The maximum atomic E-state index is 13.2. The normalized spacial score (nSPS) is 18.5. The lowest BCUT2D eigenvalue weighted by Crippen LogP contribution is -2.38. The number of nitrogens with zero attached hydrogens (tertiary/aromatic N) is 4. The third-order valence-electron chi connectivity index (χ3n) is 5.84. The predicted octanol–water partition coefficient (Wildman–Crippen LogP) is 4.98. The molecule has 8 heteroatoms. The van der Waals surface area contributed by atoms with Gasteiger partial charge in [-0.25, -0.2) is 4.98 Å². The maximum Gasteiger partial charge on any atom is 0.253 e. The van der Waals surface area contributed by atoms with Crippen LogP contribution in [0.2, 0.25) is 5.02 Å². The Hall–Kier alpha value is -2.77. The number of carbonyl (C=O) groups is 1. The molecule has 31 heavy (non-hydrogen) atoms. The fourth-order valence-corrected chi connectivity index (χ4v) is 5.66. The lowest BCUT2D eigenvalue weighted by Gasteiger charge is -2.21. The molecule has 0 bridgehead atoms. The summed E-state index contributed by atoms with van der Waals surface area (Å²) in [4.78, 5) is 19.5. The minimum atomic E-state index is -0.0796. The van der Waals surface area contributed by atoms with Crippen LogP contribution in [0.3, 0.4) is 0 Å². The number of fused-ring (bicyclic) bond motifs is 1. The summed E-state index contributed by atoms with van der Waals surface area (Å²) in [5.41, 5.74) is 3.29. The second-order valence-corrected chi connectivity index (χ2v) is 9.59. The fourth-order valence-electron chi connectivity index (χ4n) is 4.32. The molecule has 2 atom stereocenters. The van der Waals surface area contributed by atoms with Crippen molar-refractivity contribution < 1.29 is 4.79 Å². The van der Waals surface area contributed by atoms with Gasteiger partial charge < -0.3 is 5.32 Å². The second-order valence-electron chi connectivity index (χ2n) is 8.03. The van der Waals surface area contributed by atoms with Gasteiger partial charge in [0.15, 0.2) is 0 Å². The lowest BCUT2D eigenvalue weighted by atomic mass is 9.99. The molecule has 2 aromatic carbocycles. The van der Waals surface area contributed by atoms with Gasteiger partial charge in [0, 0.05) is 17.5 Å². The molecule has 1 saturated carbocycles.